The van der Waals surface area contributed by atoms with Crippen molar-refractivity contribution in [2.45, 2.75) is 37.9 Å². The summed E-state index contributed by atoms with van der Waals surface area (Å²) in [5.41, 5.74) is 5.68. The highest BCUT2D eigenvalue weighted by Gasteiger charge is 2.26. The normalized spacial score (nSPS) is 24.4. The Morgan fingerprint density at radius 1 is 1.29 bits per heavy atom. The number of hydrogen-bond donors (Lipinski definition) is 1. The van der Waals surface area contributed by atoms with Gasteiger partial charge in [-0.3, -0.25) is 0 Å². The van der Waals surface area contributed by atoms with Gasteiger partial charge in [-0.25, -0.2) is 0 Å². The van der Waals surface area contributed by atoms with Gasteiger partial charge in [0.1, 0.15) is 0 Å². The third-order valence-corrected chi connectivity index (χ3v) is 2.49. The average molecular weight is 210 g/mol. The zero-order valence-corrected chi connectivity index (χ0v) is 8.19. The van der Waals surface area contributed by atoms with E-state index in [4.69, 9.17) is 5.73 Å². The summed E-state index contributed by atoms with van der Waals surface area (Å²) in [6.07, 6.45) is -2.84. The lowest BCUT2D eigenvalue weighted by Gasteiger charge is -2.14. The van der Waals surface area contributed by atoms with Crippen LogP contribution in [-0.2, 0) is 0 Å². The lowest BCUT2D eigenvalue weighted by atomic mass is 10.2. The van der Waals surface area contributed by atoms with Crippen LogP contribution < -0.4 is 5.73 Å². The lowest BCUT2D eigenvalue weighted by Crippen LogP contribution is -2.27. The topological polar surface area (TPSA) is 29.3 Å². The van der Waals surface area contributed by atoms with Gasteiger partial charge in [0.05, 0.1) is 0 Å². The molecule has 1 aliphatic heterocycles. The summed E-state index contributed by atoms with van der Waals surface area (Å²) in [5, 5.41) is 0. The van der Waals surface area contributed by atoms with Crippen molar-refractivity contribution < 1.29 is 13.2 Å². The van der Waals surface area contributed by atoms with Crippen LogP contribution in [0, 0.1) is 0 Å². The number of alkyl halides is 3. The molecular formula is C9H17F3N2. The molecule has 0 aliphatic carbocycles. The quantitative estimate of drug-likeness (QED) is 0.716. The molecule has 0 aromatic rings. The molecule has 0 spiro atoms. The molecule has 84 valence electrons. The zero-order chi connectivity index (χ0) is 10.6. The van der Waals surface area contributed by atoms with Crippen molar-refractivity contribution in [1.29, 1.82) is 0 Å². The first kappa shape index (κ1) is 11.8. The van der Waals surface area contributed by atoms with Crippen LogP contribution in [0.5, 0.6) is 0 Å². The van der Waals surface area contributed by atoms with Crippen molar-refractivity contribution in [1.82, 2.24) is 4.90 Å². The van der Waals surface area contributed by atoms with Crippen LogP contribution in [0.3, 0.4) is 0 Å². The highest BCUT2D eigenvalue weighted by atomic mass is 19.4. The van der Waals surface area contributed by atoms with Crippen molar-refractivity contribution in [2.75, 3.05) is 19.6 Å². The molecule has 0 aromatic carbocycles. The molecule has 5 heteroatoms. The molecule has 1 atom stereocenters. The molecule has 1 aliphatic rings. The Kier molecular flexibility index (Phi) is 4.19. The standard InChI is InChI=1S/C9H17F3N2/c10-9(11,12)4-1-2-5-14-6-3-8(13)7-14/h8H,1-7,13H2. The number of nitrogens with two attached hydrogens (primary N) is 1. The molecule has 0 bridgehead atoms. The maximum Gasteiger partial charge on any atom is 0.389 e. The van der Waals surface area contributed by atoms with E-state index < -0.39 is 12.6 Å². The molecule has 0 saturated carbocycles. The van der Waals surface area contributed by atoms with E-state index in [1.807, 2.05) is 0 Å². The summed E-state index contributed by atoms with van der Waals surface area (Å²) >= 11 is 0. The molecule has 2 nitrogen and oxygen atoms in total. The number of rotatable bonds is 4. The number of unbranched alkanes of at least 4 members (excludes halogenated alkanes) is 1. The van der Waals surface area contributed by atoms with Crippen molar-refractivity contribution in [2.24, 2.45) is 5.73 Å². The van der Waals surface area contributed by atoms with Crippen LogP contribution in [0.15, 0.2) is 0 Å². The molecule has 2 N–H and O–H groups in total. The Bertz CT molecular complexity index is 170. The Hall–Kier alpha value is -0.290. The van der Waals surface area contributed by atoms with E-state index >= 15 is 0 Å². The van der Waals surface area contributed by atoms with Crippen molar-refractivity contribution in [3.63, 3.8) is 0 Å². The summed E-state index contributed by atoms with van der Waals surface area (Å²) in [4.78, 5) is 2.14. The van der Waals surface area contributed by atoms with E-state index in [0.717, 1.165) is 26.1 Å². The van der Waals surface area contributed by atoms with E-state index in [-0.39, 0.29) is 12.5 Å². The Balaban J connectivity index is 1.99. The first-order valence-electron chi connectivity index (χ1n) is 5.02. The van der Waals surface area contributed by atoms with Crippen LogP contribution in [0.1, 0.15) is 25.7 Å². The van der Waals surface area contributed by atoms with Gasteiger partial charge in [0, 0.05) is 19.0 Å². The molecule has 0 amide bonds. The fourth-order valence-corrected chi connectivity index (χ4v) is 1.73. The van der Waals surface area contributed by atoms with E-state index in [2.05, 4.69) is 4.90 Å². The van der Waals surface area contributed by atoms with Crippen LogP contribution in [0.25, 0.3) is 0 Å². The predicted molar refractivity (Wildman–Crippen MR) is 48.9 cm³/mol. The molecule has 1 heterocycles. The molecule has 1 fully saturated rings. The summed E-state index contributed by atoms with van der Waals surface area (Å²) < 4.78 is 35.4. The minimum absolute atomic E-state index is 0.220. The largest absolute Gasteiger partial charge is 0.389 e. The SMILES string of the molecule is NC1CCN(CCCCC(F)(F)F)C1. The molecule has 1 saturated heterocycles. The average Bonchev–Trinajstić information content (AvgIpc) is 2.44. The smallest absolute Gasteiger partial charge is 0.326 e. The van der Waals surface area contributed by atoms with Gasteiger partial charge in [-0.1, -0.05) is 0 Å². The number of nitrogens with zero attached hydrogens (tertiary/aromatic N) is 1. The first-order chi connectivity index (χ1) is 6.47. The lowest BCUT2D eigenvalue weighted by molar-refractivity contribution is -0.135. The Labute approximate surface area is 82.2 Å². The van der Waals surface area contributed by atoms with Gasteiger partial charge in [0.2, 0.25) is 0 Å². The highest BCUT2D eigenvalue weighted by Crippen LogP contribution is 2.22. The summed E-state index contributed by atoms with van der Waals surface area (Å²) in [5.74, 6) is 0. The van der Waals surface area contributed by atoms with Gasteiger partial charge >= 0.3 is 6.18 Å². The second kappa shape index (κ2) is 4.98. The van der Waals surface area contributed by atoms with E-state index in [1.165, 1.54) is 0 Å². The number of hydrogen-bond acceptors (Lipinski definition) is 2. The number of halogens is 3. The van der Waals surface area contributed by atoms with Crippen LogP contribution in [0.4, 0.5) is 13.2 Å². The Morgan fingerprint density at radius 3 is 2.50 bits per heavy atom. The van der Waals surface area contributed by atoms with Gasteiger partial charge in [-0.2, -0.15) is 13.2 Å². The second-order valence-corrected chi connectivity index (χ2v) is 3.92. The maximum absolute atomic E-state index is 11.8. The summed E-state index contributed by atoms with van der Waals surface area (Å²) in [7, 11) is 0. The highest BCUT2D eigenvalue weighted by molar-refractivity contribution is 4.77. The molecule has 14 heavy (non-hydrogen) atoms. The predicted octanol–water partition coefficient (Wildman–Crippen LogP) is 1.75. The number of likely N-dealkylation sites (tertiary alicyclic amines) is 1. The van der Waals surface area contributed by atoms with Gasteiger partial charge in [0.25, 0.3) is 0 Å². The van der Waals surface area contributed by atoms with E-state index in [0.29, 0.717) is 6.42 Å². The maximum atomic E-state index is 11.8. The van der Waals surface area contributed by atoms with Gasteiger partial charge in [-0.15, -0.1) is 0 Å². The van der Waals surface area contributed by atoms with Gasteiger partial charge in [0.15, 0.2) is 0 Å². The monoisotopic (exact) mass is 210 g/mol. The second-order valence-electron chi connectivity index (χ2n) is 3.92. The third kappa shape index (κ3) is 4.81. The zero-order valence-electron chi connectivity index (χ0n) is 8.19. The van der Waals surface area contributed by atoms with Crippen LogP contribution >= 0.6 is 0 Å². The van der Waals surface area contributed by atoms with Gasteiger partial charge < -0.3 is 10.6 Å². The van der Waals surface area contributed by atoms with Crippen molar-refractivity contribution in [3.8, 4) is 0 Å². The van der Waals surface area contributed by atoms with E-state index in [1.54, 1.807) is 0 Å². The van der Waals surface area contributed by atoms with E-state index in [9.17, 15) is 13.2 Å². The third-order valence-electron chi connectivity index (χ3n) is 2.49. The minimum atomic E-state index is -4.00. The Morgan fingerprint density at radius 2 is 2.00 bits per heavy atom. The molecule has 0 radical (unpaired) electrons. The minimum Gasteiger partial charge on any atom is -0.326 e. The van der Waals surface area contributed by atoms with Crippen molar-refractivity contribution in [3.05, 3.63) is 0 Å². The first-order valence-corrected chi connectivity index (χ1v) is 5.02. The molecular weight excluding hydrogens is 193 g/mol. The molecule has 1 unspecified atom stereocenters. The molecule has 1 rings (SSSR count). The van der Waals surface area contributed by atoms with Crippen molar-refractivity contribution >= 4 is 0 Å². The fourth-order valence-electron chi connectivity index (χ4n) is 1.73. The summed E-state index contributed by atoms with van der Waals surface area (Å²) in [6.45, 7) is 2.53. The van der Waals surface area contributed by atoms with Crippen LogP contribution in [-0.4, -0.2) is 36.8 Å². The van der Waals surface area contributed by atoms with Gasteiger partial charge in [-0.05, 0) is 32.4 Å². The summed E-state index contributed by atoms with van der Waals surface area (Å²) in [6, 6.07) is 0.220. The fraction of sp³-hybridized carbons (Fsp3) is 1.00. The van der Waals surface area contributed by atoms with Crippen LogP contribution in [0.2, 0.25) is 0 Å². The molecule has 0 aromatic heterocycles.